The van der Waals surface area contributed by atoms with E-state index in [1.807, 2.05) is 0 Å². The lowest BCUT2D eigenvalue weighted by Gasteiger charge is -2.07. The van der Waals surface area contributed by atoms with E-state index < -0.39 is 0 Å². The minimum absolute atomic E-state index is 0.310. The van der Waals surface area contributed by atoms with E-state index in [2.05, 4.69) is 31.2 Å². The van der Waals surface area contributed by atoms with Crippen LogP contribution in [0.5, 0.6) is 11.6 Å². The Hall–Kier alpha value is -1.69. The van der Waals surface area contributed by atoms with Crippen molar-refractivity contribution in [3.05, 3.63) is 40.8 Å². The fraction of sp³-hybridized carbons (Fsp3) is 0.0909. The van der Waals surface area contributed by atoms with Gasteiger partial charge in [0.25, 0.3) is 0 Å². The highest BCUT2D eigenvalue weighted by molar-refractivity contribution is 9.10. The lowest BCUT2D eigenvalue weighted by Crippen LogP contribution is -1.98. The maximum absolute atomic E-state index is 12.7. The highest BCUT2D eigenvalue weighted by Crippen LogP contribution is 2.27. The van der Waals surface area contributed by atoms with Crippen LogP contribution in [0.25, 0.3) is 0 Å². The SMILES string of the molecule is CNc1ncc(Br)c(Oc2ccc(F)cc2)n1. The van der Waals surface area contributed by atoms with Gasteiger partial charge in [-0.2, -0.15) is 4.98 Å². The molecule has 0 fully saturated rings. The monoisotopic (exact) mass is 297 g/mol. The van der Waals surface area contributed by atoms with Crippen LogP contribution in [0.4, 0.5) is 10.3 Å². The van der Waals surface area contributed by atoms with Gasteiger partial charge in [0.05, 0.1) is 10.7 Å². The minimum Gasteiger partial charge on any atom is -0.438 e. The number of benzene rings is 1. The topological polar surface area (TPSA) is 47.0 Å². The smallest absolute Gasteiger partial charge is 0.238 e. The Balaban J connectivity index is 2.25. The summed E-state index contributed by atoms with van der Waals surface area (Å²) in [6, 6.07) is 5.71. The average Bonchev–Trinajstić information content (AvgIpc) is 2.35. The van der Waals surface area contributed by atoms with Crippen molar-refractivity contribution in [2.24, 2.45) is 0 Å². The van der Waals surface area contributed by atoms with Gasteiger partial charge in [0, 0.05) is 7.05 Å². The molecule has 1 aromatic carbocycles. The Bertz CT molecular complexity index is 519. The van der Waals surface area contributed by atoms with E-state index in [0.29, 0.717) is 22.1 Å². The summed E-state index contributed by atoms with van der Waals surface area (Å²) in [6.07, 6.45) is 1.58. The zero-order valence-electron chi connectivity index (χ0n) is 8.95. The lowest BCUT2D eigenvalue weighted by atomic mass is 10.3. The molecular formula is C11H9BrFN3O. The van der Waals surface area contributed by atoms with Crippen molar-refractivity contribution in [3.8, 4) is 11.6 Å². The first-order chi connectivity index (χ1) is 8.19. The maximum Gasteiger partial charge on any atom is 0.238 e. The molecule has 0 radical (unpaired) electrons. The first-order valence-corrected chi connectivity index (χ1v) is 5.62. The quantitative estimate of drug-likeness (QED) is 0.945. The molecule has 0 saturated heterocycles. The van der Waals surface area contributed by atoms with Gasteiger partial charge in [0.1, 0.15) is 11.6 Å². The summed E-state index contributed by atoms with van der Waals surface area (Å²) < 4.78 is 18.9. The largest absolute Gasteiger partial charge is 0.438 e. The highest BCUT2D eigenvalue weighted by atomic mass is 79.9. The Morgan fingerprint density at radius 2 is 2.00 bits per heavy atom. The van der Waals surface area contributed by atoms with Gasteiger partial charge in [0.15, 0.2) is 0 Å². The fourth-order valence-electron chi connectivity index (χ4n) is 1.16. The molecule has 2 rings (SSSR count). The van der Waals surface area contributed by atoms with Gasteiger partial charge in [-0.05, 0) is 40.2 Å². The number of halogens is 2. The lowest BCUT2D eigenvalue weighted by molar-refractivity contribution is 0.457. The molecule has 17 heavy (non-hydrogen) atoms. The molecule has 1 N–H and O–H groups in total. The predicted molar refractivity (Wildman–Crippen MR) is 65.8 cm³/mol. The molecule has 0 atom stereocenters. The predicted octanol–water partition coefficient (Wildman–Crippen LogP) is 3.21. The van der Waals surface area contributed by atoms with Crippen LogP contribution in [0, 0.1) is 5.82 Å². The highest BCUT2D eigenvalue weighted by Gasteiger charge is 2.06. The summed E-state index contributed by atoms with van der Waals surface area (Å²) in [5.74, 6) is 1.02. The number of nitrogens with one attached hydrogen (secondary N) is 1. The molecule has 0 aliphatic heterocycles. The number of rotatable bonds is 3. The van der Waals surface area contributed by atoms with Crippen LogP contribution < -0.4 is 10.1 Å². The molecule has 0 amide bonds. The molecule has 88 valence electrons. The van der Waals surface area contributed by atoms with Crippen molar-refractivity contribution in [3.63, 3.8) is 0 Å². The third-order valence-electron chi connectivity index (χ3n) is 1.96. The zero-order valence-corrected chi connectivity index (χ0v) is 10.5. The summed E-state index contributed by atoms with van der Waals surface area (Å²) in [6.45, 7) is 0. The van der Waals surface area contributed by atoms with Crippen LogP contribution in [0.15, 0.2) is 34.9 Å². The van der Waals surface area contributed by atoms with Crippen molar-refractivity contribution in [2.45, 2.75) is 0 Å². The number of anilines is 1. The summed E-state index contributed by atoms with van der Waals surface area (Å²) in [7, 11) is 1.71. The molecule has 0 aliphatic rings. The summed E-state index contributed by atoms with van der Waals surface area (Å²) in [5, 5.41) is 2.81. The second-order valence-electron chi connectivity index (χ2n) is 3.15. The second-order valence-corrected chi connectivity index (χ2v) is 4.01. The summed E-state index contributed by atoms with van der Waals surface area (Å²) >= 11 is 3.28. The first kappa shape index (κ1) is 11.8. The van der Waals surface area contributed by atoms with E-state index >= 15 is 0 Å². The van der Waals surface area contributed by atoms with Crippen molar-refractivity contribution < 1.29 is 9.13 Å². The molecule has 0 aliphatic carbocycles. The third-order valence-corrected chi connectivity index (χ3v) is 2.51. The van der Waals surface area contributed by atoms with Gasteiger partial charge in [-0.1, -0.05) is 0 Å². The molecule has 6 heteroatoms. The minimum atomic E-state index is -0.310. The van der Waals surface area contributed by atoms with Gasteiger partial charge in [-0.3, -0.25) is 0 Å². The van der Waals surface area contributed by atoms with Gasteiger partial charge in [-0.25, -0.2) is 9.37 Å². The second kappa shape index (κ2) is 5.09. The van der Waals surface area contributed by atoms with Crippen LogP contribution >= 0.6 is 15.9 Å². The Morgan fingerprint density at radius 3 is 2.65 bits per heavy atom. The first-order valence-electron chi connectivity index (χ1n) is 4.83. The molecular weight excluding hydrogens is 289 g/mol. The molecule has 1 heterocycles. The molecule has 0 unspecified atom stereocenters. The van der Waals surface area contributed by atoms with E-state index in [4.69, 9.17) is 4.74 Å². The average molecular weight is 298 g/mol. The molecule has 4 nitrogen and oxygen atoms in total. The zero-order chi connectivity index (χ0) is 12.3. The third kappa shape index (κ3) is 2.91. The van der Waals surface area contributed by atoms with Crippen LogP contribution in [-0.2, 0) is 0 Å². The molecule has 0 spiro atoms. The van der Waals surface area contributed by atoms with E-state index in [9.17, 15) is 4.39 Å². The standard InChI is InChI=1S/C11H9BrFN3O/c1-14-11-15-6-9(12)10(16-11)17-8-4-2-7(13)3-5-8/h2-6H,1H3,(H,14,15,16). The van der Waals surface area contributed by atoms with Gasteiger partial charge in [0.2, 0.25) is 11.8 Å². The summed E-state index contributed by atoms with van der Waals surface area (Å²) in [5.41, 5.74) is 0. The normalized spacial score (nSPS) is 10.1. The molecule has 0 bridgehead atoms. The molecule has 0 saturated carbocycles. The van der Waals surface area contributed by atoms with E-state index in [1.54, 1.807) is 13.2 Å². The van der Waals surface area contributed by atoms with E-state index in [1.165, 1.54) is 24.3 Å². The number of nitrogens with zero attached hydrogens (tertiary/aromatic N) is 2. The van der Waals surface area contributed by atoms with Gasteiger partial charge < -0.3 is 10.1 Å². The Labute approximate surface area is 106 Å². The van der Waals surface area contributed by atoms with Crippen LogP contribution in [-0.4, -0.2) is 17.0 Å². The van der Waals surface area contributed by atoms with Crippen LogP contribution in [0.3, 0.4) is 0 Å². The van der Waals surface area contributed by atoms with Crippen LogP contribution in [0.1, 0.15) is 0 Å². The van der Waals surface area contributed by atoms with E-state index in [0.717, 1.165) is 0 Å². The molecule has 1 aromatic heterocycles. The number of aromatic nitrogens is 2. The number of ether oxygens (including phenoxy) is 1. The number of hydrogen-bond donors (Lipinski definition) is 1. The van der Waals surface area contributed by atoms with Gasteiger partial charge in [-0.15, -0.1) is 0 Å². The Morgan fingerprint density at radius 1 is 1.29 bits per heavy atom. The Kier molecular flexibility index (Phi) is 3.53. The maximum atomic E-state index is 12.7. The fourth-order valence-corrected chi connectivity index (χ4v) is 1.43. The van der Waals surface area contributed by atoms with Gasteiger partial charge >= 0.3 is 0 Å². The number of hydrogen-bond acceptors (Lipinski definition) is 4. The summed E-state index contributed by atoms with van der Waals surface area (Å²) in [4.78, 5) is 8.13. The van der Waals surface area contributed by atoms with E-state index in [-0.39, 0.29) is 5.82 Å². The van der Waals surface area contributed by atoms with Crippen molar-refractivity contribution in [2.75, 3.05) is 12.4 Å². The molecule has 2 aromatic rings. The van der Waals surface area contributed by atoms with Crippen LogP contribution in [0.2, 0.25) is 0 Å². The van der Waals surface area contributed by atoms with Crippen molar-refractivity contribution in [1.82, 2.24) is 9.97 Å². The van der Waals surface area contributed by atoms with Crippen molar-refractivity contribution in [1.29, 1.82) is 0 Å². The van der Waals surface area contributed by atoms with Crippen molar-refractivity contribution >= 4 is 21.9 Å².